The number of hydrogen-bond acceptors (Lipinski definition) is 2. The highest BCUT2D eigenvalue weighted by molar-refractivity contribution is 6.30. The molecule has 0 saturated heterocycles. The zero-order valence-electron chi connectivity index (χ0n) is 12.2. The Labute approximate surface area is 115 Å². The highest BCUT2D eigenvalue weighted by Crippen LogP contribution is 2.16. The van der Waals surface area contributed by atoms with Crippen molar-refractivity contribution in [3.8, 4) is 0 Å². The first-order valence-electron chi connectivity index (χ1n) is 6.49. The van der Waals surface area contributed by atoms with Crippen LogP contribution in [0.2, 0.25) is 5.15 Å². The minimum atomic E-state index is 0.484. The summed E-state index contributed by atoms with van der Waals surface area (Å²) in [5.74, 6) is 0. The summed E-state index contributed by atoms with van der Waals surface area (Å²) in [6.07, 6.45) is 1.25. The summed E-state index contributed by atoms with van der Waals surface area (Å²) in [4.78, 5) is 8.56. The molecule has 0 N–H and O–H groups in total. The fourth-order valence-corrected chi connectivity index (χ4v) is 1.36. The van der Waals surface area contributed by atoms with Crippen molar-refractivity contribution < 1.29 is 0 Å². The normalized spacial score (nSPS) is 9.06. The van der Waals surface area contributed by atoms with Crippen molar-refractivity contribution in [2.45, 2.75) is 48.0 Å². The van der Waals surface area contributed by atoms with Crippen LogP contribution in [0.5, 0.6) is 0 Å². The van der Waals surface area contributed by atoms with E-state index in [9.17, 15) is 0 Å². The number of aryl methyl sites for hydroxylation is 2. The number of fused-ring (bicyclic) bond motifs is 1. The van der Waals surface area contributed by atoms with Gasteiger partial charge in [-0.05, 0) is 31.5 Å². The average molecular weight is 267 g/mol. The molecular weight excluding hydrogens is 244 g/mol. The Hall–Kier alpha value is -1.15. The zero-order chi connectivity index (χ0) is 14.1. The standard InChI is InChI=1S/C10H9ClN2.C3H8.C2H6/c1-6-3-4-8-9(5-6)13-10(11)7(2)12-8;1-3-2;1-2/h3-5H,1-2H3;3H2,1-2H3;1-2H3. The Morgan fingerprint density at radius 3 is 2.11 bits per heavy atom. The molecule has 1 heterocycles. The Bertz CT molecular complexity index is 481. The lowest BCUT2D eigenvalue weighted by atomic mass is 10.2. The van der Waals surface area contributed by atoms with Crippen LogP contribution in [-0.4, -0.2) is 9.97 Å². The molecule has 0 amide bonds. The van der Waals surface area contributed by atoms with E-state index in [2.05, 4.69) is 23.8 Å². The number of halogens is 1. The SMILES string of the molecule is CC.CCC.Cc1ccc2nc(C)c(Cl)nc2c1. The van der Waals surface area contributed by atoms with Crippen molar-refractivity contribution in [1.29, 1.82) is 0 Å². The number of hydrogen-bond donors (Lipinski definition) is 0. The Morgan fingerprint density at radius 1 is 1.00 bits per heavy atom. The van der Waals surface area contributed by atoms with Gasteiger partial charge in [-0.25, -0.2) is 9.97 Å². The third-order valence-electron chi connectivity index (χ3n) is 1.94. The number of rotatable bonds is 0. The van der Waals surface area contributed by atoms with Gasteiger partial charge < -0.3 is 0 Å². The van der Waals surface area contributed by atoms with E-state index in [4.69, 9.17) is 11.6 Å². The van der Waals surface area contributed by atoms with Gasteiger partial charge in [-0.1, -0.05) is 51.8 Å². The lowest BCUT2D eigenvalue weighted by Crippen LogP contribution is -1.89. The highest BCUT2D eigenvalue weighted by atomic mass is 35.5. The minimum absolute atomic E-state index is 0.484. The summed E-state index contributed by atoms with van der Waals surface area (Å²) in [7, 11) is 0. The maximum absolute atomic E-state index is 5.87. The van der Waals surface area contributed by atoms with Crippen LogP contribution >= 0.6 is 11.6 Å². The molecular formula is C15H23ClN2. The highest BCUT2D eigenvalue weighted by Gasteiger charge is 2.01. The second-order valence-corrected chi connectivity index (χ2v) is 4.16. The van der Waals surface area contributed by atoms with Crippen LogP contribution in [0.4, 0.5) is 0 Å². The number of aromatic nitrogens is 2. The number of benzene rings is 1. The summed E-state index contributed by atoms with van der Waals surface area (Å²) < 4.78 is 0. The van der Waals surface area contributed by atoms with Crippen LogP contribution in [0.3, 0.4) is 0 Å². The van der Waals surface area contributed by atoms with Gasteiger partial charge in [-0.2, -0.15) is 0 Å². The van der Waals surface area contributed by atoms with E-state index >= 15 is 0 Å². The van der Waals surface area contributed by atoms with Gasteiger partial charge in [0.2, 0.25) is 0 Å². The van der Waals surface area contributed by atoms with Crippen molar-refractivity contribution in [3.05, 3.63) is 34.6 Å². The summed E-state index contributed by atoms with van der Waals surface area (Å²) in [5.41, 5.74) is 3.70. The van der Waals surface area contributed by atoms with Crippen LogP contribution in [0.15, 0.2) is 18.2 Å². The van der Waals surface area contributed by atoms with Gasteiger partial charge in [0, 0.05) is 0 Å². The minimum Gasteiger partial charge on any atom is -0.248 e. The quantitative estimate of drug-likeness (QED) is 0.643. The van der Waals surface area contributed by atoms with Gasteiger partial charge in [0.15, 0.2) is 5.15 Å². The molecule has 3 heteroatoms. The van der Waals surface area contributed by atoms with Gasteiger partial charge in [-0.15, -0.1) is 0 Å². The van der Waals surface area contributed by atoms with E-state index < -0.39 is 0 Å². The van der Waals surface area contributed by atoms with Crippen molar-refractivity contribution in [2.24, 2.45) is 0 Å². The van der Waals surface area contributed by atoms with Crippen LogP contribution in [0.1, 0.15) is 45.4 Å². The maximum atomic E-state index is 5.87. The summed E-state index contributed by atoms with van der Waals surface area (Å²) in [6.45, 7) is 12.1. The third kappa shape index (κ3) is 5.01. The van der Waals surface area contributed by atoms with Crippen molar-refractivity contribution >= 4 is 22.6 Å². The van der Waals surface area contributed by atoms with Crippen LogP contribution in [0.25, 0.3) is 11.0 Å². The van der Waals surface area contributed by atoms with Gasteiger partial charge in [0.05, 0.1) is 16.7 Å². The van der Waals surface area contributed by atoms with Crippen molar-refractivity contribution in [2.75, 3.05) is 0 Å². The predicted molar refractivity (Wildman–Crippen MR) is 81.3 cm³/mol. The molecule has 0 aliphatic heterocycles. The molecule has 0 unspecified atom stereocenters. The van der Waals surface area contributed by atoms with Crippen LogP contribution in [-0.2, 0) is 0 Å². The molecule has 100 valence electrons. The summed E-state index contributed by atoms with van der Waals surface area (Å²) >= 11 is 5.87. The molecule has 0 fully saturated rings. The van der Waals surface area contributed by atoms with E-state index in [1.807, 2.05) is 45.9 Å². The molecule has 0 radical (unpaired) electrons. The fourth-order valence-electron chi connectivity index (χ4n) is 1.23. The lowest BCUT2D eigenvalue weighted by Gasteiger charge is -2.00. The average Bonchev–Trinajstić information content (AvgIpc) is 2.35. The largest absolute Gasteiger partial charge is 0.248 e. The van der Waals surface area contributed by atoms with E-state index in [-0.39, 0.29) is 0 Å². The molecule has 2 rings (SSSR count). The van der Waals surface area contributed by atoms with Crippen LogP contribution in [0, 0.1) is 13.8 Å². The molecule has 2 nitrogen and oxygen atoms in total. The predicted octanol–water partition coefficient (Wildman–Crippen LogP) is 5.34. The first kappa shape index (κ1) is 16.9. The van der Waals surface area contributed by atoms with Crippen molar-refractivity contribution in [3.63, 3.8) is 0 Å². The van der Waals surface area contributed by atoms with E-state index in [0.29, 0.717) is 5.15 Å². The summed E-state index contributed by atoms with van der Waals surface area (Å²) in [6, 6.07) is 5.96. The first-order chi connectivity index (χ1) is 8.58. The van der Waals surface area contributed by atoms with E-state index in [1.54, 1.807) is 0 Å². The second kappa shape index (κ2) is 8.87. The van der Waals surface area contributed by atoms with Gasteiger partial charge >= 0.3 is 0 Å². The molecule has 18 heavy (non-hydrogen) atoms. The molecule has 0 aliphatic rings. The zero-order valence-corrected chi connectivity index (χ0v) is 13.0. The van der Waals surface area contributed by atoms with Gasteiger partial charge in [0.25, 0.3) is 0 Å². The lowest BCUT2D eigenvalue weighted by molar-refractivity contribution is 1.09. The molecule has 1 aromatic carbocycles. The van der Waals surface area contributed by atoms with Crippen LogP contribution < -0.4 is 0 Å². The second-order valence-electron chi connectivity index (χ2n) is 3.80. The number of nitrogens with zero attached hydrogens (tertiary/aromatic N) is 2. The molecule has 0 bridgehead atoms. The Kier molecular flexibility index (Phi) is 8.30. The maximum Gasteiger partial charge on any atom is 0.150 e. The van der Waals surface area contributed by atoms with E-state index in [1.165, 1.54) is 12.0 Å². The van der Waals surface area contributed by atoms with Gasteiger partial charge in [-0.3, -0.25) is 0 Å². The monoisotopic (exact) mass is 266 g/mol. The smallest absolute Gasteiger partial charge is 0.150 e. The van der Waals surface area contributed by atoms with E-state index in [0.717, 1.165) is 16.7 Å². The Morgan fingerprint density at radius 2 is 1.56 bits per heavy atom. The first-order valence-corrected chi connectivity index (χ1v) is 6.86. The molecule has 2 aromatic rings. The molecule has 1 aromatic heterocycles. The van der Waals surface area contributed by atoms with Crippen molar-refractivity contribution in [1.82, 2.24) is 9.97 Å². The molecule has 0 aliphatic carbocycles. The van der Waals surface area contributed by atoms with Gasteiger partial charge in [0.1, 0.15) is 0 Å². The molecule has 0 atom stereocenters. The molecule has 0 spiro atoms. The fraction of sp³-hybridized carbons (Fsp3) is 0.467. The summed E-state index contributed by atoms with van der Waals surface area (Å²) in [5, 5.41) is 0.484. The molecule has 0 saturated carbocycles. The Balaban J connectivity index is 0.000000509. The third-order valence-corrected chi connectivity index (χ3v) is 2.29. The topological polar surface area (TPSA) is 25.8 Å².